The first-order valence-electron chi connectivity index (χ1n) is 10.4. The molecule has 1 N–H and O–H groups in total. The van der Waals surface area contributed by atoms with E-state index in [1.807, 2.05) is 31.2 Å². The van der Waals surface area contributed by atoms with Crippen LogP contribution in [0.25, 0.3) is 11.4 Å². The van der Waals surface area contributed by atoms with Crippen molar-refractivity contribution in [1.29, 1.82) is 0 Å². The van der Waals surface area contributed by atoms with Gasteiger partial charge in [-0.25, -0.2) is 5.10 Å². The lowest BCUT2D eigenvalue weighted by atomic mass is 9.77. The van der Waals surface area contributed by atoms with Crippen LogP contribution in [-0.4, -0.2) is 69.3 Å². The molecule has 0 unspecified atom stereocenters. The average Bonchev–Trinajstić information content (AvgIpc) is 3.47. The van der Waals surface area contributed by atoms with Crippen molar-refractivity contribution >= 4 is 5.91 Å². The number of H-pyrrole nitrogens is 1. The zero-order valence-electron chi connectivity index (χ0n) is 17.5. The first-order chi connectivity index (χ1) is 14.9. The number of aryl methyl sites for hydroxylation is 1. The SMILES string of the molecule is Cc1cccc(-c2noc([C@@H]3CN(C(=O)c4ccc(=O)[nH]n4)C[C@@]34CCN(C)C4)n2)c1. The molecule has 2 aliphatic heterocycles. The Morgan fingerprint density at radius 1 is 1.26 bits per heavy atom. The highest BCUT2D eigenvalue weighted by Crippen LogP contribution is 2.48. The summed E-state index contributed by atoms with van der Waals surface area (Å²) in [6, 6.07) is 10.8. The van der Waals surface area contributed by atoms with Crippen LogP contribution in [0.15, 0.2) is 45.7 Å². The van der Waals surface area contributed by atoms with E-state index in [1.54, 1.807) is 4.90 Å². The summed E-state index contributed by atoms with van der Waals surface area (Å²) in [6.45, 7) is 4.89. The molecule has 5 rings (SSSR count). The Hall–Kier alpha value is -3.33. The number of amides is 1. The largest absolute Gasteiger partial charge is 0.339 e. The van der Waals surface area contributed by atoms with E-state index < -0.39 is 0 Å². The van der Waals surface area contributed by atoms with E-state index in [1.165, 1.54) is 12.1 Å². The highest BCUT2D eigenvalue weighted by atomic mass is 16.5. The third kappa shape index (κ3) is 3.54. The highest BCUT2D eigenvalue weighted by Gasteiger charge is 2.53. The second-order valence-corrected chi connectivity index (χ2v) is 8.72. The van der Waals surface area contributed by atoms with Gasteiger partial charge in [-0.2, -0.15) is 10.1 Å². The molecule has 1 aromatic carbocycles. The topological polar surface area (TPSA) is 108 Å². The molecule has 4 heterocycles. The number of aromatic amines is 1. The number of benzene rings is 1. The fraction of sp³-hybridized carbons (Fsp3) is 0.409. The normalized spacial score (nSPS) is 23.7. The molecule has 0 saturated carbocycles. The smallest absolute Gasteiger partial charge is 0.274 e. The van der Waals surface area contributed by atoms with E-state index >= 15 is 0 Å². The van der Waals surface area contributed by atoms with Gasteiger partial charge in [-0.3, -0.25) is 9.59 Å². The summed E-state index contributed by atoms with van der Waals surface area (Å²) in [7, 11) is 2.09. The van der Waals surface area contributed by atoms with Gasteiger partial charge in [0.1, 0.15) is 5.69 Å². The van der Waals surface area contributed by atoms with Crippen LogP contribution in [0.1, 0.15) is 34.3 Å². The third-order valence-electron chi connectivity index (χ3n) is 6.43. The Kier molecular flexibility index (Phi) is 4.70. The van der Waals surface area contributed by atoms with Crippen molar-refractivity contribution in [2.45, 2.75) is 19.3 Å². The van der Waals surface area contributed by atoms with Gasteiger partial charge in [0, 0.05) is 36.7 Å². The standard InChI is InChI=1S/C22H24N6O3/c1-14-4-3-5-15(10-14)19-23-20(31-26-19)16-11-28(13-22(16)8-9-27(2)12-22)21(30)17-6-7-18(29)25-24-17/h3-7,10,16H,8-9,11-13H2,1-2H3,(H,25,29)/t16-,22-/m0/s1. The van der Waals surface area contributed by atoms with Gasteiger partial charge in [0.25, 0.3) is 11.5 Å². The fourth-order valence-electron chi connectivity index (χ4n) is 4.89. The summed E-state index contributed by atoms with van der Waals surface area (Å²) in [5.41, 5.74) is 1.79. The summed E-state index contributed by atoms with van der Waals surface area (Å²) < 4.78 is 5.73. The lowest BCUT2D eigenvalue weighted by Gasteiger charge is -2.27. The molecule has 2 atom stereocenters. The number of hydrogen-bond acceptors (Lipinski definition) is 7. The van der Waals surface area contributed by atoms with Gasteiger partial charge < -0.3 is 14.3 Å². The maximum atomic E-state index is 13.1. The molecule has 2 saturated heterocycles. The lowest BCUT2D eigenvalue weighted by molar-refractivity contribution is 0.0766. The van der Waals surface area contributed by atoms with Gasteiger partial charge in [0.2, 0.25) is 11.7 Å². The predicted molar refractivity (Wildman–Crippen MR) is 113 cm³/mol. The molecular formula is C22H24N6O3. The number of nitrogens with one attached hydrogen (secondary N) is 1. The van der Waals surface area contributed by atoms with Crippen molar-refractivity contribution in [2.75, 3.05) is 33.2 Å². The minimum absolute atomic E-state index is 0.0600. The molecule has 2 aliphatic rings. The van der Waals surface area contributed by atoms with E-state index in [4.69, 9.17) is 9.51 Å². The molecule has 1 amide bonds. The second kappa shape index (κ2) is 7.42. The predicted octanol–water partition coefficient (Wildman–Crippen LogP) is 1.69. The Bertz CT molecular complexity index is 1170. The van der Waals surface area contributed by atoms with E-state index in [9.17, 15) is 9.59 Å². The van der Waals surface area contributed by atoms with Gasteiger partial charge >= 0.3 is 0 Å². The monoisotopic (exact) mass is 420 g/mol. The van der Waals surface area contributed by atoms with Gasteiger partial charge in [-0.1, -0.05) is 28.9 Å². The highest BCUT2D eigenvalue weighted by molar-refractivity contribution is 5.92. The quantitative estimate of drug-likeness (QED) is 0.687. The van der Waals surface area contributed by atoms with Gasteiger partial charge in [-0.15, -0.1) is 0 Å². The van der Waals surface area contributed by atoms with Crippen molar-refractivity contribution in [1.82, 2.24) is 30.1 Å². The number of carbonyl (C=O) groups excluding carboxylic acids is 1. The molecule has 1 spiro atoms. The van der Waals surface area contributed by atoms with Crippen LogP contribution in [0.3, 0.4) is 0 Å². The molecule has 31 heavy (non-hydrogen) atoms. The van der Waals surface area contributed by atoms with Crippen LogP contribution < -0.4 is 5.56 Å². The molecule has 2 fully saturated rings. The minimum atomic E-state index is -0.334. The zero-order valence-corrected chi connectivity index (χ0v) is 17.5. The van der Waals surface area contributed by atoms with E-state index in [0.29, 0.717) is 24.8 Å². The summed E-state index contributed by atoms with van der Waals surface area (Å²) in [4.78, 5) is 33.2. The Labute approximate surface area is 179 Å². The van der Waals surface area contributed by atoms with Crippen LogP contribution in [0.2, 0.25) is 0 Å². The summed E-state index contributed by atoms with van der Waals surface area (Å²) in [5.74, 6) is 0.866. The number of rotatable bonds is 3. The molecule has 9 nitrogen and oxygen atoms in total. The number of hydrogen-bond donors (Lipinski definition) is 1. The molecule has 9 heteroatoms. The Balaban J connectivity index is 1.46. The van der Waals surface area contributed by atoms with Gasteiger partial charge in [-0.05, 0) is 39.1 Å². The summed E-state index contributed by atoms with van der Waals surface area (Å²) in [6.07, 6.45) is 0.944. The lowest BCUT2D eigenvalue weighted by Crippen LogP contribution is -2.35. The first kappa shape index (κ1) is 19.6. The second-order valence-electron chi connectivity index (χ2n) is 8.72. The van der Waals surface area contributed by atoms with Crippen molar-refractivity contribution in [3.8, 4) is 11.4 Å². The van der Waals surface area contributed by atoms with Crippen LogP contribution in [0.4, 0.5) is 0 Å². The van der Waals surface area contributed by atoms with Crippen LogP contribution in [0, 0.1) is 12.3 Å². The molecule has 0 radical (unpaired) electrons. The van der Waals surface area contributed by atoms with Crippen molar-refractivity contribution in [3.63, 3.8) is 0 Å². The van der Waals surface area contributed by atoms with Crippen molar-refractivity contribution in [3.05, 3.63) is 63.9 Å². The first-order valence-corrected chi connectivity index (χ1v) is 10.4. The van der Waals surface area contributed by atoms with Crippen LogP contribution in [0.5, 0.6) is 0 Å². The molecule has 160 valence electrons. The number of carbonyl (C=O) groups is 1. The maximum Gasteiger partial charge on any atom is 0.274 e. The van der Waals surface area contributed by atoms with E-state index in [2.05, 4.69) is 27.3 Å². The zero-order chi connectivity index (χ0) is 21.6. The number of nitrogens with zero attached hydrogens (tertiary/aromatic N) is 5. The molecule has 0 aliphatic carbocycles. The number of aromatic nitrogens is 4. The maximum absolute atomic E-state index is 13.1. The van der Waals surface area contributed by atoms with E-state index in [-0.39, 0.29) is 28.5 Å². The fourth-order valence-corrected chi connectivity index (χ4v) is 4.89. The van der Waals surface area contributed by atoms with Gasteiger partial charge in [0.05, 0.1) is 5.92 Å². The molecular weight excluding hydrogens is 396 g/mol. The third-order valence-corrected chi connectivity index (χ3v) is 6.43. The Morgan fingerprint density at radius 3 is 2.84 bits per heavy atom. The van der Waals surface area contributed by atoms with E-state index in [0.717, 1.165) is 30.6 Å². The molecule has 2 aromatic heterocycles. The molecule has 0 bridgehead atoms. The Morgan fingerprint density at radius 2 is 2.13 bits per heavy atom. The minimum Gasteiger partial charge on any atom is -0.339 e. The summed E-state index contributed by atoms with van der Waals surface area (Å²) >= 11 is 0. The summed E-state index contributed by atoms with van der Waals surface area (Å²) in [5, 5.41) is 10.5. The van der Waals surface area contributed by atoms with Crippen molar-refractivity contribution < 1.29 is 9.32 Å². The molecule has 3 aromatic rings. The van der Waals surface area contributed by atoms with Crippen molar-refractivity contribution in [2.24, 2.45) is 5.41 Å². The van der Waals surface area contributed by atoms with Gasteiger partial charge in [0.15, 0.2) is 0 Å². The number of likely N-dealkylation sites (tertiary alicyclic amines) is 2. The van der Waals surface area contributed by atoms with Crippen LogP contribution >= 0.6 is 0 Å². The van der Waals surface area contributed by atoms with Crippen LogP contribution in [-0.2, 0) is 0 Å². The average molecular weight is 420 g/mol.